The minimum Gasteiger partial charge on any atom is -0.299 e. The van der Waals surface area contributed by atoms with Gasteiger partial charge in [-0.25, -0.2) is 0 Å². The Kier molecular flexibility index (Phi) is 2.55. The van der Waals surface area contributed by atoms with Crippen LogP contribution in [0.2, 0.25) is 0 Å². The molecule has 76 valence electrons. The molecule has 14 heavy (non-hydrogen) atoms. The van der Waals surface area contributed by atoms with E-state index in [9.17, 15) is 0 Å². The van der Waals surface area contributed by atoms with E-state index in [-0.39, 0.29) is 0 Å². The van der Waals surface area contributed by atoms with Crippen molar-refractivity contribution in [3.8, 4) is 0 Å². The monoisotopic (exact) mass is 190 g/mol. The smallest absolute Gasteiger partial charge is 0.0420 e. The predicted molar refractivity (Wildman–Crippen MR) is 58.3 cm³/mol. The van der Waals surface area contributed by atoms with Gasteiger partial charge in [-0.05, 0) is 51.4 Å². The molecule has 2 heteroatoms. The molecular formula is C12H18N2. The number of aromatic nitrogens is 1. The van der Waals surface area contributed by atoms with Crippen molar-refractivity contribution in [3.05, 3.63) is 29.1 Å². The number of hydrogen-bond acceptors (Lipinski definition) is 2. The van der Waals surface area contributed by atoms with Gasteiger partial charge in [-0.3, -0.25) is 9.88 Å². The Morgan fingerprint density at radius 1 is 1.43 bits per heavy atom. The van der Waals surface area contributed by atoms with Crippen molar-refractivity contribution in [2.75, 3.05) is 13.6 Å². The van der Waals surface area contributed by atoms with E-state index in [4.69, 9.17) is 0 Å². The normalized spacial score (nSPS) is 22.9. The lowest BCUT2D eigenvalue weighted by atomic mass is 10.0. The third-order valence-electron chi connectivity index (χ3n) is 3.14. The van der Waals surface area contributed by atoms with Gasteiger partial charge in [0.1, 0.15) is 0 Å². The Hall–Kier alpha value is -0.890. The molecule has 1 fully saturated rings. The first-order chi connectivity index (χ1) is 6.68. The van der Waals surface area contributed by atoms with Gasteiger partial charge in [0.15, 0.2) is 0 Å². The van der Waals surface area contributed by atoms with Crippen molar-refractivity contribution in [1.82, 2.24) is 9.88 Å². The number of nitrogens with zero attached hydrogens (tertiary/aromatic N) is 2. The second-order valence-corrected chi connectivity index (χ2v) is 4.33. The Balaban J connectivity index is 2.34. The lowest BCUT2D eigenvalue weighted by Gasteiger charge is -2.21. The van der Waals surface area contributed by atoms with E-state index in [1.807, 2.05) is 6.20 Å². The van der Waals surface area contributed by atoms with Crippen molar-refractivity contribution in [2.24, 2.45) is 0 Å². The fourth-order valence-electron chi connectivity index (χ4n) is 2.30. The van der Waals surface area contributed by atoms with Crippen molar-refractivity contribution in [3.63, 3.8) is 0 Å². The minimum atomic E-state index is 0.599. The van der Waals surface area contributed by atoms with E-state index >= 15 is 0 Å². The van der Waals surface area contributed by atoms with E-state index in [2.05, 4.69) is 36.8 Å². The van der Waals surface area contributed by atoms with Crippen LogP contribution in [0.4, 0.5) is 0 Å². The molecule has 0 amide bonds. The molecule has 0 radical (unpaired) electrons. The first kappa shape index (κ1) is 9.66. The molecule has 1 aliphatic rings. The summed E-state index contributed by atoms with van der Waals surface area (Å²) in [6.45, 7) is 5.45. The van der Waals surface area contributed by atoms with Crippen molar-refractivity contribution >= 4 is 0 Å². The number of aryl methyl sites for hydroxylation is 2. The van der Waals surface area contributed by atoms with Crippen LogP contribution in [0, 0.1) is 13.8 Å². The van der Waals surface area contributed by atoms with Crippen molar-refractivity contribution < 1.29 is 0 Å². The van der Waals surface area contributed by atoms with E-state index in [1.54, 1.807) is 0 Å². The second kappa shape index (κ2) is 3.70. The maximum atomic E-state index is 4.43. The van der Waals surface area contributed by atoms with Crippen LogP contribution in [0.15, 0.2) is 12.3 Å². The SMILES string of the molecule is Cc1cnc(C)c([C@@H]2CCCN2C)c1. The Bertz CT molecular complexity index is 333. The summed E-state index contributed by atoms with van der Waals surface area (Å²) in [6, 6.07) is 2.89. The highest BCUT2D eigenvalue weighted by Gasteiger charge is 2.24. The van der Waals surface area contributed by atoms with Gasteiger partial charge in [0, 0.05) is 17.9 Å². The van der Waals surface area contributed by atoms with E-state index in [1.165, 1.54) is 36.2 Å². The van der Waals surface area contributed by atoms with Gasteiger partial charge in [0.05, 0.1) is 0 Å². The van der Waals surface area contributed by atoms with Gasteiger partial charge in [-0.2, -0.15) is 0 Å². The first-order valence-electron chi connectivity index (χ1n) is 5.32. The lowest BCUT2D eigenvalue weighted by molar-refractivity contribution is 0.316. The molecule has 0 aromatic carbocycles. The molecule has 1 aliphatic heterocycles. The van der Waals surface area contributed by atoms with Crippen LogP contribution in [0.5, 0.6) is 0 Å². The maximum Gasteiger partial charge on any atom is 0.0420 e. The second-order valence-electron chi connectivity index (χ2n) is 4.33. The zero-order valence-corrected chi connectivity index (χ0v) is 9.25. The summed E-state index contributed by atoms with van der Waals surface area (Å²) in [5, 5.41) is 0. The van der Waals surface area contributed by atoms with Gasteiger partial charge in [-0.1, -0.05) is 6.07 Å². The predicted octanol–water partition coefficient (Wildman–Crippen LogP) is 2.47. The van der Waals surface area contributed by atoms with Gasteiger partial charge in [0.25, 0.3) is 0 Å². The third kappa shape index (κ3) is 1.67. The molecular weight excluding hydrogens is 172 g/mol. The van der Waals surface area contributed by atoms with Crippen molar-refractivity contribution in [1.29, 1.82) is 0 Å². The van der Waals surface area contributed by atoms with E-state index in [0.29, 0.717) is 6.04 Å². The summed E-state index contributed by atoms with van der Waals surface area (Å²) in [4.78, 5) is 6.86. The van der Waals surface area contributed by atoms with E-state index < -0.39 is 0 Å². The summed E-state index contributed by atoms with van der Waals surface area (Å²) in [6.07, 6.45) is 4.55. The molecule has 0 N–H and O–H groups in total. The molecule has 0 unspecified atom stereocenters. The van der Waals surface area contributed by atoms with Crippen LogP contribution in [0.3, 0.4) is 0 Å². The van der Waals surface area contributed by atoms with Gasteiger partial charge < -0.3 is 0 Å². The largest absolute Gasteiger partial charge is 0.299 e. The van der Waals surface area contributed by atoms with Crippen LogP contribution in [0.1, 0.15) is 35.7 Å². The topological polar surface area (TPSA) is 16.1 Å². The molecule has 2 rings (SSSR count). The Morgan fingerprint density at radius 2 is 2.21 bits per heavy atom. The van der Waals surface area contributed by atoms with Gasteiger partial charge >= 0.3 is 0 Å². The maximum absolute atomic E-state index is 4.43. The molecule has 2 nitrogen and oxygen atoms in total. The Morgan fingerprint density at radius 3 is 2.86 bits per heavy atom. The number of hydrogen-bond donors (Lipinski definition) is 0. The molecule has 0 bridgehead atoms. The molecule has 1 saturated heterocycles. The van der Waals surface area contributed by atoms with Crippen LogP contribution in [-0.4, -0.2) is 23.5 Å². The van der Waals surface area contributed by atoms with Crippen LogP contribution >= 0.6 is 0 Å². The minimum absolute atomic E-state index is 0.599. The average molecular weight is 190 g/mol. The molecule has 0 aliphatic carbocycles. The summed E-state index contributed by atoms with van der Waals surface area (Å²) >= 11 is 0. The fraction of sp³-hybridized carbons (Fsp3) is 0.583. The number of pyridine rings is 1. The highest BCUT2D eigenvalue weighted by atomic mass is 15.1. The summed E-state index contributed by atoms with van der Waals surface area (Å²) in [7, 11) is 2.21. The fourth-order valence-corrected chi connectivity index (χ4v) is 2.30. The van der Waals surface area contributed by atoms with Gasteiger partial charge in [-0.15, -0.1) is 0 Å². The van der Waals surface area contributed by atoms with Crippen LogP contribution in [0.25, 0.3) is 0 Å². The highest BCUT2D eigenvalue weighted by Crippen LogP contribution is 2.31. The van der Waals surface area contributed by atoms with Gasteiger partial charge in [0.2, 0.25) is 0 Å². The molecule has 0 spiro atoms. The summed E-state index contributed by atoms with van der Waals surface area (Å²) in [5.41, 5.74) is 3.88. The molecule has 1 atom stereocenters. The van der Waals surface area contributed by atoms with Crippen LogP contribution in [-0.2, 0) is 0 Å². The number of likely N-dealkylation sites (tertiary alicyclic amines) is 1. The highest BCUT2D eigenvalue weighted by molar-refractivity contribution is 5.27. The summed E-state index contributed by atoms with van der Waals surface area (Å²) in [5.74, 6) is 0. The standard InChI is InChI=1S/C12H18N2/c1-9-7-11(10(2)13-8-9)12-5-4-6-14(12)3/h7-8,12H,4-6H2,1-3H3/t12-/m0/s1. The zero-order valence-electron chi connectivity index (χ0n) is 9.25. The molecule has 2 heterocycles. The molecule has 1 aromatic heterocycles. The van der Waals surface area contributed by atoms with Crippen molar-refractivity contribution in [2.45, 2.75) is 32.7 Å². The molecule has 0 saturated carbocycles. The van der Waals surface area contributed by atoms with E-state index in [0.717, 1.165) is 0 Å². The summed E-state index contributed by atoms with van der Waals surface area (Å²) < 4.78 is 0. The molecule has 1 aromatic rings. The van der Waals surface area contributed by atoms with Crippen LogP contribution < -0.4 is 0 Å². The zero-order chi connectivity index (χ0) is 10.1. The quantitative estimate of drug-likeness (QED) is 0.676. The number of rotatable bonds is 1. The lowest BCUT2D eigenvalue weighted by Crippen LogP contribution is -2.18. The first-order valence-corrected chi connectivity index (χ1v) is 5.32. The third-order valence-corrected chi connectivity index (χ3v) is 3.14. The Labute approximate surface area is 86.0 Å². The average Bonchev–Trinajstić information content (AvgIpc) is 2.56.